The van der Waals surface area contributed by atoms with Crippen molar-refractivity contribution in [2.75, 3.05) is 5.32 Å². The van der Waals surface area contributed by atoms with Crippen molar-refractivity contribution in [1.82, 2.24) is 24.9 Å². The third kappa shape index (κ3) is 6.20. The van der Waals surface area contributed by atoms with Crippen LogP contribution in [0.15, 0.2) is 48.9 Å². The number of pyridine rings is 1. The molecule has 0 aliphatic heterocycles. The molecular weight excluding hydrogens is 528 g/mol. The van der Waals surface area contributed by atoms with Gasteiger partial charge in [-0.1, -0.05) is 6.92 Å². The predicted octanol–water partition coefficient (Wildman–Crippen LogP) is 5.08. The van der Waals surface area contributed by atoms with Crippen molar-refractivity contribution in [3.05, 3.63) is 71.7 Å². The lowest BCUT2D eigenvalue weighted by Gasteiger charge is -2.39. The Bertz CT molecular complexity index is 1520. The van der Waals surface area contributed by atoms with E-state index in [1.165, 1.54) is 23.6 Å². The number of carbonyl (C=O) groups is 1. The fraction of sp³-hybridized carbons (Fsp3) is 0.400. The fourth-order valence-corrected chi connectivity index (χ4v) is 5.63. The topological polar surface area (TPSA) is 119 Å². The third-order valence-corrected chi connectivity index (χ3v) is 7.52. The second-order valence-electron chi connectivity index (χ2n) is 11.1. The summed E-state index contributed by atoms with van der Waals surface area (Å²) < 4.78 is 37.2. The van der Waals surface area contributed by atoms with Crippen molar-refractivity contribution in [2.24, 2.45) is 11.7 Å². The minimum absolute atomic E-state index is 0.0590. The third-order valence-electron chi connectivity index (χ3n) is 7.52. The second kappa shape index (κ2) is 11.9. The summed E-state index contributed by atoms with van der Waals surface area (Å²) in [6.07, 6.45) is 6.54. The number of nitrogens with zero attached hydrogens (tertiary/aromatic N) is 4. The van der Waals surface area contributed by atoms with Crippen LogP contribution in [0.2, 0.25) is 0 Å². The van der Waals surface area contributed by atoms with Crippen molar-refractivity contribution in [2.45, 2.75) is 71.2 Å². The molecule has 216 valence electrons. The molecule has 0 saturated heterocycles. The average molecular weight is 564 g/mol. The van der Waals surface area contributed by atoms with E-state index in [9.17, 15) is 4.79 Å². The summed E-state index contributed by atoms with van der Waals surface area (Å²) in [6.45, 7) is 7.43. The number of halogens is 2. The highest BCUT2D eigenvalue weighted by Crippen LogP contribution is 2.39. The quantitative estimate of drug-likeness (QED) is 0.273. The number of nitrogens with two attached hydrogens (primary N) is 1. The molecule has 11 heteroatoms. The first-order chi connectivity index (χ1) is 19.6. The Balaban J connectivity index is 1.43. The van der Waals surface area contributed by atoms with Gasteiger partial charge in [-0.3, -0.25) is 9.78 Å². The van der Waals surface area contributed by atoms with Crippen LogP contribution in [-0.2, 0) is 16.1 Å². The maximum absolute atomic E-state index is 15.1. The molecule has 0 radical (unpaired) electrons. The smallest absolute Gasteiger partial charge is 0.229 e. The number of aromatic nitrogens is 4. The first-order valence-electron chi connectivity index (χ1n) is 13.8. The van der Waals surface area contributed by atoms with E-state index >= 15 is 8.78 Å². The molecule has 1 fully saturated rings. The van der Waals surface area contributed by atoms with Gasteiger partial charge in [-0.05, 0) is 80.0 Å². The van der Waals surface area contributed by atoms with E-state index in [-0.39, 0.29) is 53.8 Å². The van der Waals surface area contributed by atoms with Crippen molar-refractivity contribution >= 4 is 23.1 Å². The monoisotopic (exact) mass is 563 g/mol. The summed E-state index contributed by atoms with van der Waals surface area (Å²) in [5.41, 5.74) is 9.22. The van der Waals surface area contributed by atoms with Crippen LogP contribution in [0.3, 0.4) is 0 Å². The van der Waals surface area contributed by atoms with E-state index in [2.05, 4.69) is 32.6 Å². The molecule has 5 rings (SSSR count). The molecule has 41 heavy (non-hydrogen) atoms. The van der Waals surface area contributed by atoms with Gasteiger partial charge in [0, 0.05) is 25.2 Å². The molecule has 3 aromatic heterocycles. The molecule has 0 spiro atoms. The van der Waals surface area contributed by atoms with Crippen molar-refractivity contribution in [3.63, 3.8) is 0 Å². The summed E-state index contributed by atoms with van der Waals surface area (Å²) in [5, 5.41) is 10.8. The SMILES string of the molecule is CC(=O)N[C@@H]1[C@H](N)C[C@H](c2ccncc2Nc2ncc3ccc(-c4c(F)cc(COC(C)C)cc4F)nn23)C[C@@H]1C. The highest BCUT2D eigenvalue weighted by molar-refractivity contribution is 5.73. The lowest BCUT2D eigenvalue weighted by molar-refractivity contribution is -0.120. The molecule has 1 amide bonds. The number of benzene rings is 1. The Morgan fingerprint density at radius 3 is 2.61 bits per heavy atom. The van der Waals surface area contributed by atoms with Crippen LogP contribution in [0.25, 0.3) is 16.8 Å². The Morgan fingerprint density at radius 1 is 1.17 bits per heavy atom. The van der Waals surface area contributed by atoms with E-state index in [4.69, 9.17) is 10.5 Å². The second-order valence-corrected chi connectivity index (χ2v) is 11.1. The standard InChI is InChI=1S/C30H35F2N7O2/c1-16(2)41-15-19-10-23(31)28(24(32)11-19)26-6-5-21-13-35-30(39(21)38-26)37-27-14-34-8-7-22(27)20-9-17(3)29(25(33)12-20)36-18(4)40/h5-8,10-11,13-14,16-17,20,25,29H,9,12,15,33H2,1-4H3,(H,35,37)(H,36,40)/t17-,20+,25+,29-/m0/s1. The molecule has 4 N–H and O–H groups in total. The Kier molecular flexibility index (Phi) is 8.27. The van der Waals surface area contributed by atoms with E-state index < -0.39 is 11.6 Å². The Hall–Kier alpha value is -3.96. The summed E-state index contributed by atoms with van der Waals surface area (Å²) in [4.78, 5) is 20.4. The van der Waals surface area contributed by atoms with Crippen LogP contribution in [0.5, 0.6) is 0 Å². The normalized spacial score (nSPS) is 20.9. The number of fused-ring (bicyclic) bond motifs is 1. The van der Waals surface area contributed by atoms with Crippen LogP contribution >= 0.6 is 0 Å². The summed E-state index contributed by atoms with van der Waals surface area (Å²) in [6, 6.07) is 7.50. The molecule has 4 aromatic rings. The number of rotatable bonds is 8. The van der Waals surface area contributed by atoms with Gasteiger partial charge in [0.25, 0.3) is 0 Å². The number of hydrogen-bond acceptors (Lipinski definition) is 7. The van der Waals surface area contributed by atoms with E-state index in [0.717, 1.165) is 17.7 Å². The van der Waals surface area contributed by atoms with Gasteiger partial charge in [0.05, 0.1) is 47.6 Å². The number of imidazole rings is 1. The van der Waals surface area contributed by atoms with Gasteiger partial charge in [0.15, 0.2) is 0 Å². The number of hydrogen-bond donors (Lipinski definition) is 3. The van der Waals surface area contributed by atoms with Crippen LogP contribution in [0.4, 0.5) is 20.4 Å². The summed E-state index contributed by atoms with van der Waals surface area (Å²) >= 11 is 0. The number of carbonyl (C=O) groups excluding carboxylic acids is 1. The zero-order valence-electron chi connectivity index (χ0n) is 23.6. The van der Waals surface area contributed by atoms with Crippen LogP contribution in [0, 0.1) is 17.6 Å². The van der Waals surface area contributed by atoms with E-state index in [1.807, 2.05) is 19.9 Å². The van der Waals surface area contributed by atoms with E-state index in [0.29, 0.717) is 23.4 Å². The molecular formula is C30H35F2N7O2. The molecule has 4 atom stereocenters. The minimum atomic E-state index is -0.719. The number of amides is 1. The number of nitrogens with one attached hydrogen (secondary N) is 2. The molecule has 1 saturated carbocycles. The van der Waals surface area contributed by atoms with Gasteiger partial charge in [-0.25, -0.2) is 13.8 Å². The molecule has 1 aliphatic rings. The Morgan fingerprint density at radius 2 is 1.93 bits per heavy atom. The molecule has 0 bridgehead atoms. The maximum atomic E-state index is 15.1. The number of ether oxygens (including phenoxy) is 1. The summed E-state index contributed by atoms with van der Waals surface area (Å²) in [5.74, 6) is -0.837. The fourth-order valence-electron chi connectivity index (χ4n) is 5.63. The highest BCUT2D eigenvalue weighted by atomic mass is 19.1. The van der Waals surface area contributed by atoms with Gasteiger partial charge in [-0.2, -0.15) is 9.61 Å². The molecule has 1 aromatic carbocycles. The van der Waals surface area contributed by atoms with Gasteiger partial charge in [0.2, 0.25) is 11.9 Å². The lowest BCUT2D eigenvalue weighted by atomic mass is 9.73. The molecule has 9 nitrogen and oxygen atoms in total. The first-order valence-corrected chi connectivity index (χ1v) is 13.8. The zero-order valence-corrected chi connectivity index (χ0v) is 23.6. The van der Waals surface area contributed by atoms with Gasteiger partial charge >= 0.3 is 0 Å². The lowest BCUT2D eigenvalue weighted by Crippen LogP contribution is -2.54. The maximum Gasteiger partial charge on any atom is 0.229 e. The van der Waals surface area contributed by atoms with E-state index in [1.54, 1.807) is 30.7 Å². The van der Waals surface area contributed by atoms with Crippen LogP contribution in [-0.4, -0.2) is 43.7 Å². The van der Waals surface area contributed by atoms with Gasteiger partial charge in [0.1, 0.15) is 11.6 Å². The Labute approximate surface area is 237 Å². The summed E-state index contributed by atoms with van der Waals surface area (Å²) in [7, 11) is 0. The van der Waals surface area contributed by atoms with Gasteiger partial charge < -0.3 is 21.1 Å². The predicted molar refractivity (Wildman–Crippen MR) is 153 cm³/mol. The largest absolute Gasteiger partial charge is 0.374 e. The first kappa shape index (κ1) is 28.6. The van der Waals surface area contributed by atoms with Crippen molar-refractivity contribution < 1.29 is 18.3 Å². The molecule has 3 heterocycles. The van der Waals surface area contributed by atoms with Gasteiger partial charge in [-0.15, -0.1) is 0 Å². The van der Waals surface area contributed by atoms with Crippen molar-refractivity contribution in [1.29, 1.82) is 0 Å². The minimum Gasteiger partial charge on any atom is -0.374 e. The van der Waals surface area contributed by atoms with Crippen LogP contribution < -0.4 is 16.4 Å². The number of anilines is 2. The molecule has 1 aliphatic carbocycles. The van der Waals surface area contributed by atoms with Crippen LogP contribution in [0.1, 0.15) is 57.6 Å². The highest BCUT2D eigenvalue weighted by Gasteiger charge is 2.35. The zero-order chi connectivity index (χ0) is 29.3. The molecule has 0 unspecified atom stereocenters. The average Bonchev–Trinajstić information content (AvgIpc) is 3.31. The van der Waals surface area contributed by atoms with Crippen molar-refractivity contribution in [3.8, 4) is 11.3 Å².